The number of allylic oxidation sites excluding steroid dienone is 1. The zero-order valence-electron chi connectivity index (χ0n) is 13.6. The van der Waals surface area contributed by atoms with Crippen molar-refractivity contribution in [1.29, 1.82) is 0 Å². The number of hydrogen-bond acceptors (Lipinski definition) is 5. The van der Waals surface area contributed by atoms with E-state index < -0.39 is 11.4 Å². The minimum Gasteiger partial charge on any atom is -0.478 e. The number of anilines is 1. The number of carbonyl (C=O) groups is 1. The molecule has 1 aliphatic heterocycles. The predicted octanol–water partition coefficient (Wildman–Crippen LogP) is 3.49. The molecule has 128 valence electrons. The minimum atomic E-state index is -1.07. The van der Waals surface area contributed by atoms with Gasteiger partial charge in [0.2, 0.25) is 0 Å². The standard InChI is InChI=1S/C18H17N3O4/c1-2-3-14-15(17(22)23)18(11-4-6-24-9-11,12-5-7-25-10-12)13-8-19-21-16(13)20-14/h4-10H,2-3H2,1H3,(H,22,23)(H2,19,20,21). The van der Waals surface area contributed by atoms with Crippen LogP contribution in [0.5, 0.6) is 0 Å². The van der Waals surface area contributed by atoms with Crippen LogP contribution in [0.2, 0.25) is 0 Å². The second kappa shape index (κ2) is 5.70. The molecular formula is C18H17N3O4. The van der Waals surface area contributed by atoms with Gasteiger partial charge < -0.3 is 19.3 Å². The molecule has 4 heterocycles. The summed E-state index contributed by atoms with van der Waals surface area (Å²) in [5.41, 5.74) is 1.98. The Labute approximate surface area is 143 Å². The van der Waals surface area contributed by atoms with Crippen molar-refractivity contribution in [1.82, 2.24) is 10.2 Å². The Hall–Kier alpha value is -3.22. The van der Waals surface area contributed by atoms with Crippen LogP contribution < -0.4 is 5.32 Å². The molecule has 0 radical (unpaired) electrons. The molecule has 7 heteroatoms. The molecule has 7 nitrogen and oxygen atoms in total. The van der Waals surface area contributed by atoms with Crippen molar-refractivity contribution in [3.8, 4) is 0 Å². The number of nitrogens with zero attached hydrogens (tertiary/aromatic N) is 1. The largest absolute Gasteiger partial charge is 0.478 e. The number of fused-ring (bicyclic) bond motifs is 1. The zero-order chi connectivity index (χ0) is 17.4. The van der Waals surface area contributed by atoms with E-state index >= 15 is 0 Å². The average Bonchev–Trinajstić information content (AvgIpc) is 3.34. The molecule has 0 amide bonds. The molecule has 0 aliphatic carbocycles. The Morgan fingerprint density at radius 2 is 1.92 bits per heavy atom. The fourth-order valence-electron chi connectivity index (χ4n) is 3.69. The van der Waals surface area contributed by atoms with Gasteiger partial charge in [-0.3, -0.25) is 5.10 Å². The molecule has 0 fully saturated rings. The number of furan rings is 2. The Morgan fingerprint density at radius 3 is 2.44 bits per heavy atom. The van der Waals surface area contributed by atoms with Gasteiger partial charge in [0.15, 0.2) is 0 Å². The number of aliphatic carboxylic acids is 1. The molecule has 4 rings (SSSR count). The van der Waals surface area contributed by atoms with E-state index in [2.05, 4.69) is 15.5 Å². The van der Waals surface area contributed by atoms with Gasteiger partial charge in [-0.25, -0.2) is 4.79 Å². The van der Waals surface area contributed by atoms with Crippen LogP contribution in [0.1, 0.15) is 36.5 Å². The maximum Gasteiger partial charge on any atom is 0.334 e. The Morgan fingerprint density at radius 1 is 1.24 bits per heavy atom. The third-order valence-electron chi connectivity index (χ3n) is 4.62. The number of H-pyrrole nitrogens is 1. The van der Waals surface area contributed by atoms with Gasteiger partial charge >= 0.3 is 5.97 Å². The maximum atomic E-state index is 12.4. The second-order valence-corrected chi connectivity index (χ2v) is 5.97. The van der Waals surface area contributed by atoms with Crippen LogP contribution in [-0.2, 0) is 10.2 Å². The van der Waals surface area contributed by atoms with Crippen LogP contribution in [0.15, 0.2) is 63.5 Å². The molecule has 0 aromatic carbocycles. The molecule has 0 unspecified atom stereocenters. The fourth-order valence-corrected chi connectivity index (χ4v) is 3.69. The lowest BCUT2D eigenvalue weighted by Gasteiger charge is -2.38. The van der Waals surface area contributed by atoms with Gasteiger partial charge in [0.25, 0.3) is 0 Å². The average molecular weight is 339 g/mol. The topological polar surface area (TPSA) is 104 Å². The zero-order valence-corrected chi connectivity index (χ0v) is 13.6. The molecule has 25 heavy (non-hydrogen) atoms. The normalized spacial score (nSPS) is 15.7. The SMILES string of the molecule is CCCC1=C(C(=O)O)C(c2ccoc2)(c2ccoc2)c2cn[nH]c2N1. The van der Waals surface area contributed by atoms with Crippen molar-refractivity contribution in [2.45, 2.75) is 25.2 Å². The summed E-state index contributed by atoms with van der Waals surface area (Å²) in [4.78, 5) is 12.4. The van der Waals surface area contributed by atoms with Crippen molar-refractivity contribution in [2.24, 2.45) is 0 Å². The Bertz CT molecular complexity index is 885. The number of aromatic nitrogens is 2. The van der Waals surface area contributed by atoms with E-state index in [0.717, 1.165) is 6.42 Å². The lowest BCUT2D eigenvalue weighted by Crippen LogP contribution is -2.39. The minimum absolute atomic E-state index is 0.256. The maximum absolute atomic E-state index is 12.4. The lowest BCUT2D eigenvalue weighted by atomic mass is 9.64. The van der Waals surface area contributed by atoms with E-state index in [-0.39, 0.29) is 5.57 Å². The number of carboxylic acids is 1. The Balaban J connectivity index is 2.14. The van der Waals surface area contributed by atoms with E-state index in [1.54, 1.807) is 30.9 Å². The van der Waals surface area contributed by atoms with Crippen LogP contribution in [0, 0.1) is 0 Å². The predicted molar refractivity (Wildman–Crippen MR) is 89.1 cm³/mol. The molecule has 1 aliphatic rings. The van der Waals surface area contributed by atoms with E-state index in [1.807, 2.05) is 6.92 Å². The quantitative estimate of drug-likeness (QED) is 0.657. The highest BCUT2D eigenvalue weighted by Crippen LogP contribution is 2.51. The first-order chi connectivity index (χ1) is 12.2. The first-order valence-corrected chi connectivity index (χ1v) is 8.02. The number of nitrogens with one attached hydrogen (secondary N) is 2. The first kappa shape index (κ1) is 15.3. The third-order valence-corrected chi connectivity index (χ3v) is 4.62. The van der Waals surface area contributed by atoms with Gasteiger partial charge in [0.05, 0.1) is 42.2 Å². The number of carboxylic acid groups (broad SMARTS) is 1. The molecule has 3 N–H and O–H groups in total. The highest BCUT2D eigenvalue weighted by molar-refractivity contribution is 5.96. The van der Waals surface area contributed by atoms with Gasteiger partial charge in [-0.15, -0.1) is 0 Å². The summed E-state index contributed by atoms with van der Waals surface area (Å²) in [6.45, 7) is 2.01. The monoisotopic (exact) mass is 339 g/mol. The van der Waals surface area contributed by atoms with E-state index in [1.165, 1.54) is 12.5 Å². The summed E-state index contributed by atoms with van der Waals surface area (Å²) in [6.07, 6.45) is 9.26. The van der Waals surface area contributed by atoms with Crippen LogP contribution in [-0.4, -0.2) is 21.3 Å². The van der Waals surface area contributed by atoms with Crippen molar-refractivity contribution >= 4 is 11.8 Å². The lowest BCUT2D eigenvalue weighted by molar-refractivity contribution is -0.133. The molecular weight excluding hydrogens is 322 g/mol. The molecule has 0 saturated carbocycles. The molecule has 0 spiro atoms. The second-order valence-electron chi connectivity index (χ2n) is 5.97. The highest BCUT2D eigenvalue weighted by atomic mass is 16.4. The fraction of sp³-hybridized carbons (Fsp3) is 0.222. The van der Waals surface area contributed by atoms with Crippen LogP contribution in [0.3, 0.4) is 0 Å². The van der Waals surface area contributed by atoms with Gasteiger partial charge in [-0.1, -0.05) is 13.3 Å². The van der Waals surface area contributed by atoms with Gasteiger partial charge in [0, 0.05) is 22.4 Å². The van der Waals surface area contributed by atoms with E-state index in [0.29, 0.717) is 34.6 Å². The smallest absolute Gasteiger partial charge is 0.334 e. The first-order valence-electron chi connectivity index (χ1n) is 8.02. The number of hydrogen-bond donors (Lipinski definition) is 3. The van der Waals surface area contributed by atoms with Crippen LogP contribution in [0.25, 0.3) is 0 Å². The van der Waals surface area contributed by atoms with Gasteiger partial charge in [0.1, 0.15) is 5.82 Å². The summed E-state index contributed by atoms with van der Waals surface area (Å²) in [5.74, 6) is -0.318. The van der Waals surface area contributed by atoms with Crippen LogP contribution >= 0.6 is 0 Å². The molecule has 0 atom stereocenters. The summed E-state index contributed by atoms with van der Waals surface area (Å²) in [5, 5.41) is 20.4. The van der Waals surface area contributed by atoms with Gasteiger partial charge in [-0.2, -0.15) is 5.10 Å². The molecule has 3 aromatic rings. The van der Waals surface area contributed by atoms with E-state index in [4.69, 9.17) is 8.83 Å². The number of rotatable bonds is 5. The summed E-state index contributed by atoms with van der Waals surface area (Å²) >= 11 is 0. The van der Waals surface area contributed by atoms with Crippen molar-refractivity contribution < 1.29 is 18.7 Å². The summed E-state index contributed by atoms with van der Waals surface area (Å²) in [7, 11) is 0. The summed E-state index contributed by atoms with van der Waals surface area (Å²) in [6, 6.07) is 3.56. The third kappa shape index (κ3) is 2.05. The van der Waals surface area contributed by atoms with Gasteiger partial charge in [-0.05, 0) is 18.6 Å². The van der Waals surface area contributed by atoms with Crippen molar-refractivity contribution in [2.75, 3.05) is 5.32 Å². The molecule has 3 aromatic heterocycles. The number of aromatic amines is 1. The molecule has 0 saturated heterocycles. The van der Waals surface area contributed by atoms with Crippen molar-refractivity contribution in [3.05, 3.63) is 71.3 Å². The highest BCUT2D eigenvalue weighted by Gasteiger charge is 2.50. The van der Waals surface area contributed by atoms with Crippen molar-refractivity contribution in [3.63, 3.8) is 0 Å². The molecule has 0 bridgehead atoms. The van der Waals surface area contributed by atoms with Crippen LogP contribution in [0.4, 0.5) is 5.82 Å². The summed E-state index contributed by atoms with van der Waals surface area (Å²) < 4.78 is 10.6. The van der Waals surface area contributed by atoms with E-state index in [9.17, 15) is 9.90 Å². The Kier molecular flexibility index (Phi) is 3.49.